The van der Waals surface area contributed by atoms with Crippen molar-refractivity contribution < 1.29 is 14.4 Å². The Morgan fingerprint density at radius 2 is 1.75 bits per heavy atom. The summed E-state index contributed by atoms with van der Waals surface area (Å²) in [6, 6.07) is 13.8. The summed E-state index contributed by atoms with van der Waals surface area (Å²) < 4.78 is 0. The Hall–Kier alpha value is -3.21. The van der Waals surface area contributed by atoms with Gasteiger partial charge in [-0.15, -0.1) is 6.58 Å². The fourth-order valence-electron chi connectivity index (χ4n) is 2.69. The van der Waals surface area contributed by atoms with E-state index in [0.29, 0.717) is 17.7 Å². The first-order valence-electron chi connectivity index (χ1n) is 7.49. The molecule has 3 amide bonds. The number of benzene rings is 2. The molecule has 0 saturated carbocycles. The third kappa shape index (κ3) is 2.50. The van der Waals surface area contributed by atoms with Gasteiger partial charge in [-0.25, -0.2) is 0 Å². The smallest absolute Gasteiger partial charge is 0.261 e. The molecular weight excluding hydrogens is 304 g/mol. The van der Waals surface area contributed by atoms with Crippen LogP contribution in [0.1, 0.15) is 31.1 Å². The maximum atomic E-state index is 12.9. The topological polar surface area (TPSA) is 57.7 Å². The monoisotopic (exact) mass is 320 g/mol. The molecule has 0 saturated heterocycles. The quantitative estimate of drug-likeness (QED) is 0.643. The Morgan fingerprint density at radius 3 is 2.42 bits per heavy atom. The SMILES string of the molecule is C=CCN(C(=O)c1ccc2c(c1)C(=O)N(C)C2=O)c1ccccc1. The van der Waals surface area contributed by atoms with E-state index in [4.69, 9.17) is 0 Å². The summed E-state index contributed by atoms with van der Waals surface area (Å²) in [5.41, 5.74) is 1.69. The van der Waals surface area contributed by atoms with Gasteiger partial charge in [0, 0.05) is 24.8 Å². The molecule has 0 aromatic heterocycles. The molecule has 24 heavy (non-hydrogen) atoms. The van der Waals surface area contributed by atoms with Gasteiger partial charge in [-0.2, -0.15) is 0 Å². The average molecular weight is 320 g/mol. The summed E-state index contributed by atoms with van der Waals surface area (Å²) in [5.74, 6) is -0.988. The number of anilines is 1. The molecule has 1 aliphatic rings. The molecule has 0 atom stereocenters. The maximum absolute atomic E-state index is 12.9. The normalized spacial score (nSPS) is 13.0. The summed E-state index contributed by atoms with van der Waals surface area (Å²) in [5, 5.41) is 0. The third-order valence-corrected chi connectivity index (χ3v) is 3.96. The summed E-state index contributed by atoms with van der Waals surface area (Å²) in [7, 11) is 1.43. The van der Waals surface area contributed by atoms with E-state index in [1.807, 2.05) is 30.3 Å². The first-order valence-corrected chi connectivity index (χ1v) is 7.49. The molecule has 5 nitrogen and oxygen atoms in total. The van der Waals surface area contributed by atoms with E-state index in [0.717, 1.165) is 10.6 Å². The van der Waals surface area contributed by atoms with E-state index in [1.54, 1.807) is 17.0 Å². The first-order chi connectivity index (χ1) is 11.5. The van der Waals surface area contributed by atoms with Gasteiger partial charge in [-0.3, -0.25) is 19.3 Å². The van der Waals surface area contributed by atoms with Gasteiger partial charge in [0.25, 0.3) is 17.7 Å². The van der Waals surface area contributed by atoms with Gasteiger partial charge in [0.1, 0.15) is 0 Å². The number of amides is 3. The fourth-order valence-corrected chi connectivity index (χ4v) is 2.69. The zero-order chi connectivity index (χ0) is 17.3. The van der Waals surface area contributed by atoms with Crippen LogP contribution in [0, 0.1) is 0 Å². The average Bonchev–Trinajstić information content (AvgIpc) is 2.84. The predicted octanol–water partition coefficient (Wildman–Crippen LogP) is 2.75. The van der Waals surface area contributed by atoms with Gasteiger partial charge in [-0.1, -0.05) is 24.3 Å². The van der Waals surface area contributed by atoms with E-state index in [-0.39, 0.29) is 23.3 Å². The molecule has 120 valence electrons. The van der Waals surface area contributed by atoms with E-state index >= 15 is 0 Å². The fraction of sp³-hybridized carbons (Fsp3) is 0.105. The molecule has 3 rings (SSSR count). The molecule has 0 aliphatic carbocycles. The van der Waals surface area contributed by atoms with Crippen LogP contribution >= 0.6 is 0 Å². The highest BCUT2D eigenvalue weighted by molar-refractivity contribution is 6.22. The van der Waals surface area contributed by atoms with Crippen LogP contribution in [0.2, 0.25) is 0 Å². The lowest BCUT2D eigenvalue weighted by Gasteiger charge is -2.21. The van der Waals surface area contributed by atoms with Crippen molar-refractivity contribution in [3.8, 4) is 0 Å². The van der Waals surface area contributed by atoms with Crippen molar-refractivity contribution in [3.05, 3.63) is 77.9 Å². The Morgan fingerprint density at radius 1 is 1.08 bits per heavy atom. The zero-order valence-corrected chi connectivity index (χ0v) is 13.2. The maximum Gasteiger partial charge on any atom is 0.261 e. The van der Waals surface area contributed by atoms with Crippen LogP contribution in [0.4, 0.5) is 5.69 Å². The molecule has 0 bridgehead atoms. The second-order valence-electron chi connectivity index (χ2n) is 5.47. The Balaban J connectivity index is 1.99. The Bertz CT molecular complexity index is 843. The van der Waals surface area contributed by atoms with Gasteiger partial charge < -0.3 is 4.90 Å². The third-order valence-electron chi connectivity index (χ3n) is 3.96. The van der Waals surface area contributed by atoms with Crippen LogP contribution in [0.3, 0.4) is 0 Å². The number of carbonyl (C=O) groups is 3. The van der Waals surface area contributed by atoms with Crippen molar-refractivity contribution in [1.82, 2.24) is 4.90 Å². The van der Waals surface area contributed by atoms with Crippen LogP contribution in [0.15, 0.2) is 61.2 Å². The van der Waals surface area contributed by atoms with Crippen LogP contribution in [0.5, 0.6) is 0 Å². The molecule has 0 unspecified atom stereocenters. The summed E-state index contributed by atoms with van der Waals surface area (Å²) in [4.78, 5) is 39.5. The minimum Gasteiger partial charge on any atom is -0.305 e. The Labute approximate surface area is 139 Å². The molecule has 0 fully saturated rings. The Kier molecular flexibility index (Phi) is 4.00. The number of carbonyl (C=O) groups excluding carboxylic acids is 3. The lowest BCUT2D eigenvalue weighted by atomic mass is 10.0. The van der Waals surface area contributed by atoms with Crippen LogP contribution in [0.25, 0.3) is 0 Å². The van der Waals surface area contributed by atoms with Crippen molar-refractivity contribution >= 4 is 23.4 Å². The van der Waals surface area contributed by atoms with Gasteiger partial charge in [0.15, 0.2) is 0 Å². The second kappa shape index (κ2) is 6.12. The van der Waals surface area contributed by atoms with Crippen molar-refractivity contribution in [2.75, 3.05) is 18.5 Å². The van der Waals surface area contributed by atoms with Crippen LogP contribution < -0.4 is 4.90 Å². The highest BCUT2D eigenvalue weighted by atomic mass is 16.2. The van der Waals surface area contributed by atoms with Gasteiger partial charge in [0.05, 0.1) is 11.1 Å². The van der Waals surface area contributed by atoms with E-state index in [1.165, 1.54) is 19.2 Å². The van der Waals surface area contributed by atoms with Crippen LogP contribution in [-0.4, -0.2) is 36.2 Å². The molecule has 2 aromatic rings. The van der Waals surface area contributed by atoms with Gasteiger partial charge in [-0.05, 0) is 30.3 Å². The van der Waals surface area contributed by atoms with Crippen molar-refractivity contribution in [3.63, 3.8) is 0 Å². The van der Waals surface area contributed by atoms with Crippen molar-refractivity contribution in [2.24, 2.45) is 0 Å². The van der Waals surface area contributed by atoms with E-state index < -0.39 is 0 Å². The standard InChI is InChI=1S/C19H16N2O3/c1-3-11-21(14-7-5-4-6-8-14)17(22)13-9-10-15-16(12-13)19(24)20(2)18(15)23/h3-10,12H,1,11H2,2H3. The number of hydrogen-bond acceptors (Lipinski definition) is 3. The molecule has 0 N–H and O–H groups in total. The second-order valence-corrected chi connectivity index (χ2v) is 5.47. The van der Waals surface area contributed by atoms with Crippen molar-refractivity contribution in [2.45, 2.75) is 0 Å². The molecule has 2 aromatic carbocycles. The molecule has 0 spiro atoms. The molecule has 1 heterocycles. The van der Waals surface area contributed by atoms with Crippen molar-refractivity contribution in [1.29, 1.82) is 0 Å². The number of para-hydroxylation sites is 1. The highest BCUT2D eigenvalue weighted by Crippen LogP contribution is 2.24. The number of rotatable bonds is 4. The minimum atomic E-state index is -0.389. The van der Waals surface area contributed by atoms with Gasteiger partial charge >= 0.3 is 0 Å². The minimum absolute atomic E-state index is 0.251. The summed E-state index contributed by atoms with van der Waals surface area (Å²) >= 11 is 0. The molecule has 1 aliphatic heterocycles. The number of nitrogens with zero attached hydrogens (tertiary/aromatic N) is 2. The predicted molar refractivity (Wildman–Crippen MR) is 91.2 cm³/mol. The molecule has 5 heteroatoms. The first kappa shape index (κ1) is 15.7. The molecular formula is C19H16N2O3. The zero-order valence-electron chi connectivity index (χ0n) is 13.2. The van der Waals surface area contributed by atoms with Crippen LogP contribution in [-0.2, 0) is 0 Å². The lowest BCUT2D eigenvalue weighted by Crippen LogP contribution is -2.31. The number of imide groups is 1. The number of fused-ring (bicyclic) bond motifs is 1. The largest absolute Gasteiger partial charge is 0.305 e. The number of hydrogen-bond donors (Lipinski definition) is 0. The molecule has 0 radical (unpaired) electrons. The van der Waals surface area contributed by atoms with Gasteiger partial charge in [0.2, 0.25) is 0 Å². The van der Waals surface area contributed by atoms with E-state index in [9.17, 15) is 14.4 Å². The highest BCUT2D eigenvalue weighted by Gasteiger charge is 2.33. The van der Waals surface area contributed by atoms with E-state index in [2.05, 4.69) is 6.58 Å². The summed E-state index contributed by atoms with van der Waals surface area (Å²) in [6.45, 7) is 4.03. The lowest BCUT2D eigenvalue weighted by molar-refractivity contribution is 0.0693. The summed E-state index contributed by atoms with van der Waals surface area (Å²) in [6.07, 6.45) is 1.64.